The minimum Gasteiger partial charge on any atom is -0.493 e. The lowest BCUT2D eigenvalue weighted by Gasteiger charge is -1.82. The van der Waals surface area contributed by atoms with Crippen LogP contribution in [0.5, 0.6) is 5.88 Å². The van der Waals surface area contributed by atoms with Crippen LogP contribution >= 0.6 is 0 Å². The molecule has 2 aromatic heterocycles. The summed E-state index contributed by atoms with van der Waals surface area (Å²) in [5.74, 6) is -0.256. The highest BCUT2D eigenvalue weighted by Crippen LogP contribution is 1.90. The number of hydrogen-bond donors (Lipinski definition) is 4. The molecule has 2 aromatic rings. The third kappa shape index (κ3) is 4.05. The molecule has 16 heavy (non-hydrogen) atoms. The Balaban J connectivity index is 0.000000160. The molecular weight excluding hydrogens is 216 g/mol. The number of hydrogen-bond acceptors (Lipinski definition) is 5. The molecule has 0 aliphatic carbocycles. The van der Waals surface area contributed by atoms with E-state index in [0.717, 1.165) is 12.4 Å². The van der Waals surface area contributed by atoms with E-state index < -0.39 is 5.69 Å². The molecule has 8 heteroatoms. The van der Waals surface area contributed by atoms with Crippen LogP contribution in [0.3, 0.4) is 0 Å². The zero-order valence-corrected chi connectivity index (χ0v) is 7.93. The Bertz CT molecular complexity index is 586. The van der Waals surface area contributed by atoms with Gasteiger partial charge >= 0.3 is 5.69 Å². The molecule has 0 unspecified atom stereocenters. The Kier molecular flexibility index (Phi) is 3.78. The van der Waals surface area contributed by atoms with Crippen molar-refractivity contribution in [3.05, 3.63) is 55.8 Å². The fourth-order valence-electron chi connectivity index (χ4n) is 0.741. The van der Waals surface area contributed by atoms with Crippen LogP contribution in [0.4, 0.5) is 0 Å². The summed E-state index contributed by atoms with van der Waals surface area (Å²) in [5.41, 5.74) is -1.20. The largest absolute Gasteiger partial charge is 0.493 e. The first-order valence-electron chi connectivity index (χ1n) is 4.09. The van der Waals surface area contributed by atoms with Crippen LogP contribution in [-0.4, -0.2) is 25.0 Å². The molecule has 0 amide bonds. The minimum atomic E-state index is -0.475. The van der Waals surface area contributed by atoms with Crippen molar-refractivity contribution < 1.29 is 5.11 Å². The van der Waals surface area contributed by atoms with Gasteiger partial charge in [-0.25, -0.2) is 9.78 Å². The highest BCUT2D eigenvalue weighted by molar-refractivity contribution is 5.01. The quantitative estimate of drug-likeness (QED) is 0.434. The Hall–Kier alpha value is -2.64. The SMILES string of the molecule is O=c1cc(O)nc[nH]1.O=c1cc[nH]c(=O)[nH]1. The fourth-order valence-corrected chi connectivity index (χ4v) is 0.741. The summed E-state index contributed by atoms with van der Waals surface area (Å²) >= 11 is 0. The van der Waals surface area contributed by atoms with Crippen molar-refractivity contribution >= 4 is 0 Å². The molecule has 0 spiro atoms. The second-order valence-corrected chi connectivity index (χ2v) is 2.57. The molecule has 0 aromatic carbocycles. The molecule has 0 aliphatic heterocycles. The zero-order valence-electron chi connectivity index (χ0n) is 7.93. The third-order valence-electron chi connectivity index (χ3n) is 1.35. The van der Waals surface area contributed by atoms with Crippen LogP contribution in [0.15, 0.2) is 39.0 Å². The monoisotopic (exact) mass is 224 g/mol. The molecule has 0 radical (unpaired) electrons. The predicted molar refractivity (Wildman–Crippen MR) is 54.2 cm³/mol. The van der Waals surface area contributed by atoms with Gasteiger partial charge in [0, 0.05) is 12.3 Å². The van der Waals surface area contributed by atoms with Gasteiger partial charge in [-0.15, -0.1) is 0 Å². The highest BCUT2D eigenvalue weighted by atomic mass is 16.3. The number of nitrogens with zero attached hydrogens (tertiary/aromatic N) is 1. The van der Waals surface area contributed by atoms with Crippen LogP contribution in [0, 0.1) is 0 Å². The van der Waals surface area contributed by atoms with Gasteiger partial charge in [-0.3, -0.25) is 14.6 Å². The van der Waals surface area contributed by atoms with Crippen LogP contribution in [-0.2, 0) is 0 Å². The van der Waals surface area contributed by atoms with Gasteiger partial charge in [0.25, 0.3) is 11.1 Å². The summed E-state index contributed by atoms with van der Waals surface area (Å²) in [5, 5.41) is 8.48. The number of aromatic nitrogens is 4. The zero-order chi connectivity index (χ0) is 12.0. The van der Waals surface area contributed by atoms with Crippen molar-refractivity contribution in [2.24, 2.45) is 0 Å². The van der Waals surface area contributed by atoms with Gasteiger partial charge in [-0.2, -0.15) is 0 Å². The first-order valence-corrected chi connectivity index (χ1v) is 4.09. The molecule has 0 atom stereocenters. The Morgan fingerprint density at radius 2 is 1.88 bits per heavy atom. The number of H-pyrrole nitrogens is 3. The van der Waals surface area contributed by atoms with Gasteiger partial charge in [-0.05, 0) is 0 Å². The van der Waals surface area contributed by atoms with Crippen molar-refractivity contribution in [2.75, 3.05) is 0 Å². The van der Waals surface area contributed by atoms with Crippen LogP contribution in [0.2, 0.25) is 0 Å². The number of aromatic hydroxyl groups is 1. The van der Waals surface area contributed by atoms with Crippen LogP contribution in [0.1, 0.15) is 0 Å². The van der Waals surface area contributed by atoms with E-state index >= 15 is 0 Å². The lowest BCUT2D eigenvalue weighted by atomic mass is 10.6. The van der Waals surface area contributed by atoms with Gasteiger partial charge in [0.05, 0.1) is 12.4 Å². The molecule has 2 rings (SSSR count). The van der Waals surface area contributed by atoms with Gasteiger partial charge in [0.2, 0.25) is 5.88 Å². The summed E-state index contributed by atoms with van der Waals surface area (Å²) < 4.78 is 0. The van der Waals surface area contributed by atoms with E-state index in [1.807, 2.05) is 4.98 Å². The maximum Gasteiger partial charge on any atom is 0.325 e. The molecule has 0 aliphatic rings. The van der Waals surface area contributed by atoms with Crippen molar-refractivity contribution in [1.29, 1.82) is 0 Å². The van der Waals surface area contributed by atoms with Crippen LogP contribution < -0.4 is 16.8 Å². The first kappa shape index (κ1) is 11.4. The topological polar surface area (TPSA) is 132 Å². The lowest BCUT2D eigenvalue weighted by molar-refractivity contribution is 0.451. The second-order valence-electron chi connectivity index (χ2n) is 2.57. The molecular formula is C8H8N4O4. The number of nitrogens with one attached hydrogen (secondary N) is 3. The predicted octanol–water partition coefficient (Wildman–Crippen LogP) is -1.46. The first-order chi connectivity index (χ1) is 7.58. The summed E-state index contributed by atoms with van der Waals surface area (Å²) in [6.07, 6.45) is 2.43. The standard InChI is InChI=1S/2C4H4N2O2/c7-3-1-4(8)6-2-5-3;7-3-1-2-5-4(8)6-3/h2*1-2H,(H2,5,6,7,8). The van der Waals surface area contributed by atoms with Crippen molar-refractivity contribution in [3.8, 4) is 5.88 Å². The van der Waals surface area contributed by atoms with E-state index in [4.69, 9.17) is 5.11 Å². The van der Waals surface area contributed by atoms with E-state index in [2.05, 4.69) is 15.0 Å². The van der Waals surface area contributed by atoms with Crippen molar-refractivity contribution in [2.45, 2.75) is 0 Å². The van der Waals surface area contributed by atoms with E-state index in [1.165, 1.54) is 12.3 Å². The van der Waals surface area contributed by atoms with Crippen LogP contribution in [0.25, 0.3) is 0 Å². The molecule has 0 bridgehead atoms. The Morgan fingerprint density at radius 3 is 2.25 bits per heavy atom. The molecule has 0 saturated heterocycles. The second kappa shape index (κ2) is 5.29. The van der Waals surface area contributed by atoms with Gasteiger partial charge in [0.15, 0.2) is 0 Å². The average molecular weight is 224 g/mol. The third-order valence-corrected chi connectivity index (χ3v) is 1.35. The van der Waals surface area contributed by atoms with Gasteiger partial charge < -0.3 is 15.1 Å². The summed E-state index contributed by atoms with van der Waals surface area (Å²) in [7, 11) is 0. The maximum atomic E-state index is 10.2. The van der Waals surface area contributed by atoms with Gasteiger partial charge in [-0.1, -0.05) is 0 Å². The summed E-state index contributed by atoms with van der Waals surface area (Å²) in [6.45, 7) is 0. The Labute approximate surface area is 87.7 Å². The smallest absolute Gasteiger partial charge is 0.325 e. The van der Waals surface area contributed by atoms with Gasteiger partial charge in [0.1, 0.15) is 0 Å². The average Bonchev–Trinajstić information content (AvgIpc) is 2.17. The maximum absolute atomic E-state index is 10.2. The van der Waals surface area contributed by atoms with E-state index in [0.29, 0.717) is 0 Å². The molecule has 84 valence electrons. The molecule has 8 nitrogen and oxygen atoms in total. The number of rotatable bonds is 0. The van der Waals surface area contributed by atoms with Crippen molar-refractivity contribution in [1.82, 2.24) is 19.9 Å². The summed E-state index contributed by atoms with van der Waals surface area (Å²) in [4.78, 5) is 40.5. The summed E-state index contributed by atoms with van der Waals surface area (Å²) in [6, 6.07) is 2.24. The van der Waals surface area contributed by atoms with E-state index in [-0.39, 0.29) is 17.0 Å². The molecule has 0 saturated carbocycles. The molecule has 0 fully saturated rings. The van der Waals surface area contributed by atoms with E-state index in [9.17, 15) is 14.4 Å². The van der Waals surface area contributed by atoms with E-state index in [1.54, 1.807) is 0 Å². The molecule has 4 N–H and O–H groups in total. The Morgan fingerprint density at radius 1 is 1.12 bits per heavy atom. The number of aromatic amines is 3. The molecule has 2 heterocycles. The lowest BCUT2D eigenvalue weighted by Crippen LogP contribution is -2.19. The fraction of sp³-hybridized carbons (Fsp3) is 0. The minimum absolute atomic E-state index is 0.256. The van der Waals surface area contributed by atoms with Crippen molar-refractivity contribution in [3.63, 3.8) is 0 Å². The highest BCUT2D eigenvalue weighted by Gasteiger charge is 1.84. The normalized spacial score (nSPS) is 9.00.